The average molecular weight is 251 g/mol. The number of fused-ring (bicyclic) bond motifs is 1. The summed E-state index contributed by atoms with van der Waals surface area (Å²) in [6.07, 6.45) is 3.87. The minimum Gasteiger partial charge on any atom is -0.265 e. The fourth-order valence-corrected chi connectivity index (χ4v) is 3.88. The highest BCUT2D eigenvalue weighted by atomic mass is 32.2. The molecule has 0 saturated heterocycles. The van der Waals surface area contributed by atoms with Crippen LogP contribution in [0.25, 0.3) is 0 Å². The molecule has 5 nitrogen and oxygen atoms in total. The molecule has 0 unspecified atom stereocenters. The molecule has 0 bridgehead atoms. The second kappa shape index (κ2) is 3.57. The lowest BCUT2D eigenvalue weighted by Gasteiger charge is -2.28. The summed E-state index contributed by atoms with van der Waals surface area (Å²) in [4.78, 5) is 0. The molecule has 0 radical (unpaired) electrons. The molecule has 3 rings (SSSR count). The van der Waals surface area contributed by atoms with Crippen molar-refractivity contribution in [2.45, 2.75) is 37.5 Å². The van der Waals surface area contributed by atoms with E-state index >= 15 is 0 Å². The zero-order chi connectivity index (χ0) is 12.0. The number of nitrogens with zero attached hydrogens (tertiary/aromatic N) is 3. The first-order valence-electron chi connectivity index (χ1n) is 5.81. The molecule has 17 heavy (non-hydrogen) atoms. The average Bonchev–Trinajstić information content (AvgIpc) is 2.52. The largest absolute Gasteiger partial charge is 0.265 e. The van der Waals surface area contributed by atoms with Gasteiger partial charge in [0.25, 0.3) is 0 Å². The van der Waals surface area contributed by atoms with Gasteiger partial charge in [-0.1, -0.05) is 0 Å². The van der Waals surface area contributed by atoms with Crippen LogP contribution in [0.2, 0.25) is 0 Å². The van der Waals surface area contributed by atoms with Crippen molar-refractivity contribution in [1.82, 2.24) is 9.78 Å². The smallest absolute Gasteiger partial charge is 0.166 e. The van der Waals surface area contributed by atoms with Crippen LogP contribution in [-0.4, -0.2) is 24.0 Å². The van der Waals surface area contributed by atoms with Gasteiger partial charge in [0.15, 0.2) is 15.5 Å². The number of hydrogen-bond acceptors (Lipinski definition) is 4. The lowest BCUT2D eigenvalue weighted by molar-refractivity contribution is 0.282. The first kappa shape index (κ1) is 10.8. The third kappa shape index (κ3) is 1.65. The van der Waals surface area contributed by atoms with Crippen molar-refractivity contribution in [3.8, 4) is 6.07 Å². The summed E-state index contributed by atoms with van der Waals surface area (Å²) in [7, 11) is -3.03. The molecule has 1 aliphatic carbocycles. The molecule has 0 N–H and O–H groups in total. The normalized spacial score (nSPS) is 22.5. The van der Waals surface area contributed by atoms with Gasteiger partial charge < -0.3 is 0 Å². The number of sulfone groups is 1. The van der Waals surface area contributed by atoms with E-state index in [1.165, 1.54) is 6.42 Å². The standard InChI is InChI=1S/C11H13N3O2S/c12-6-10-9-7-17(15,16)5-4-11(9)14(13-10)8-2-1-3-8/h8H,1-5,7H2. The number of nitriles is 1. The topological polar surface area (TPSA) is 75.8 Å². The van der Waals surface area contributed by atoms with Crippen LogP contribution in [0.3, 0.4) is 0 Å². The molecule has 1 aromatic heterocycles. The molecule has 1 fully saturated rings. The summed E-state index contributed by atoms with van der Waals surface area (Å²) in [5.41, 5.74) is 1.92. The van der Waals surface area contributed by atoms with Gasteiger partial charge in [-0.05, 0) is 19.3 Å². The quantitative estimate of drug-likeness (QED) is 0.744. The summed E-state index contributed by atoms with van der Waals surface area (Å²) in [6, 6.07) is 2.40. The Hall–Kier alpha value is -1.35. The highest BCUT2D eigenvalue weighted by molar-refractivity contribution is 7.90. The Morgan fingerprint density at radius 2 is 2.18 bits per heavy atom. The van der Waals surface area contributed by atoms with Gasteiger partial charge in [0, 0.05) is 17.7 Å². The third-order valence-electron chi connectivity index (χ3n) is 3.66. The molecule has 2 heterocycles. The van der Waals surface area contributed by atoms with Crippen LogP contribution >= 0.6 is 0 Å². The van der Waals surface area contributed by atoms with Gasteiger partial charge in [0.2, 0.25) is 0 Å². The minimum absolute atomic E-state index is 0.0159. The Morgan fingerprint density at radius 1 is 1.41 bits per heavy atom. The Kier molecular flexibility index (Phi) is 2.26. The van der Waals surface area contributed by atoms with Crippen LogP contribution in [0.4, 0.5) is 0 Å². The molecule has 2 aliphatic rings. The van der Waals surface area contributed by atoms with Crippen molar-refractivity contribution in [3.63, 3.8) is 0 Å². The van der Waals surface area contributed by atoms with Crippen LogP contribution in [0.1, 0.15) is 42.3 Å². The maximum absolute atomic E-state index is 11.6. The van der Waals surface area contributed by atoms with Gasteiger partial charge in [-0.15, -0.1) is 0 Å². The monoisotopic (exact) mass is 251 g/mol. The van der Waals surface area contributed by atoms with Crippen molar-refractivity contribution in [2.24, 2.45) is 0 Å². The lowest BCUT2D eigenvalue weighted by Crippen LogP contribution is -2.25. The number of rotatable bonds is 1. The Balaban J connectivity index is 2.10. The van der Waals surface area contributed by atoms with Crippen molar-refractivity contribution in [1.29, 1.82) is 5.26 Å². The third-order valence-corrected chi connectivity index (χ3v) is 5.21. The van der Waals surface area contributed by atoms with Gasteiger partial charge in [-0.25, -0.2) is 8.42 Å². The molecule has 1 aliphatic heterocycles. The molecule has 0 aromatic carbocycles. The van der Waals surface area contributed by atoms with Crippen molar-refractivity contribution in [2.75, 3.05) is 5.75 Å². The Labute approximate surface area is 100.0 Å². The second-order valence-electron chi connectivity index (χ2n) is 4.76. The summed E-state index contributed by atoms with van der Waals surface area (Å²) >= 11 is 0. The van der Waals surface area contributed by atoms with E-state index < -0.39 is 9.84 Å². The van der Waals surface area contributed by atoms with E-state index in [-0.39, 0.29) is 11.5 Å². The van der Waals surface area contributed by atoms with Gasteiger partial charge in [-0.3, -0.25) is 4.68 Å². The highest BCUT2D eigenvalue weighted by Crippen LogP contribution is 2.35. The van der Waals surface area contributed by atoms with E-state index in [9.17, 15) is 8.42 Å². The highest BCUT2D eigenvalue weighted by Gasteiger charge is 2.32. The van der Waals surface area contributed by atoms with Gasteiger partial charge in [0.1, 0.15) is 6.07 Å². The predicted molar refractivity (Wildman–Crippen MR) is 61.0 cm³/mol. The van der Waals surface area contributed by atoms with E-state index in [4.69, 9.17) is 5.26 Å². The summed E-state index contributed by atoms with van der Waals surface area (Å²) < 4.78 is 25.1. The van der Waals surface area contributed by atoms with Gasteiger partial charge in [0.05, 0.1) is 17.5 Å². The summed E-state index contributed by atoms with van der Waals surface area (Å²) in [5.74, 6) is 0.168. The molecule has 6 heteroatoms. The van der Waals surface area contributed by atoms with Crippen molar-refractivity contribution in [3.05, 3.63) is 17.0 Å². The fraction of sp³-hybridized carbons (Fsp3) is 0.636. The van der Waals surface area contributed by atoms with Crippen molar-refractivity contribution < 1.29 is 8.42 Å². The zero-order valence-corrected chi connectivity index (χ0v) is 10.2. The molecule has 90 valence electrons. The molecule has 0 atom stereocenters. The predicted octanol–water partition coefficient (Wildman–Crippen LogP) is 0.951. The number of hydrogen-bond donors (Lipinski definition) is 0. The maximum atomic E-state index is 11.6. The van der Waals surface area contributed by atoms with Crippen LogP contribution in [0, 0.1) is 11.3 Å². The lowest BCUT2D eigenvalue weighted by atomic mass is 9.93. The molecular weight excluding hydrogens is 238 g/mol. The maximum Gasteiger partial charge on any atom is 0.166 e. The fourth-order valence-electron chi connectivity index (χ4n) is 2.49. The van der Waals surface area contributed by atoms with Crippen LogP contribution in [0.15, 0.2) is 0 Å². The van der Waals surface area contributed by atoms with Crippen LogP contribution in [-0.2, 0) is 22.0 Å². The molecule has 0 spiro atoms. The Bertz CT molecular complexity index is 605. The molecule has 1 saturated carbocycles. The number of aromatic nitrogens is 2. The minimum atomic E-state index is -3.03. The molecular formula is C11H13N3O2S. The van der Waals surface area contributed by atoms with E-state index in [1.807, 2.05) is 10.8 Å². The zero-order valence-electron chi connectivity index (χ0n) is 9.39. The van der Waals surface area contributed by atoms with Crippen LogP contribution in [0.5, 0.6) is 0 Å². The Morgan fingerprint density at radius 3 is 2.76 bits per heavy atom. The van der Waals surface area contributed by atoms with Gasteiger partial charge in [-0.2, -0.15) is 10.4 Å². The van der Waals surface area contributed by atoms with Gasteiger partial charge >= 0.3 is 0 Å². The molecule has 0 amide bonds. The van der Waals surface area contributed by atoms with Crippen molar-refractivity contribution >= 4 is 9.84 Å². The van der Waals surface area contributed by atoms with E-state index in [2.05, 4.69) is 5.10 Å². The van der Waals surface area contributed by atoms with E-state index in [0.29, 0.717) is 23.7 Å². The summed E-state index contributed by atoms with van der Waals surface area (Å²) in [6.45, 7) is 0. The van der Waals surface area contributed by atoms with E-state index in [1.54, 1.807) is 0 Å². The first-order chi connectivity index (χ1) is 8.11. The second-order valence-corrected chi connectivity index (χ2v) is 6.94. The van der Waals surface area contributed by atoms with Crippen LogP contribution < -0.4 is 0 Å². The summed E-state index contributed by atoms with van der Waals surface area (Å²) in [5, 5.41) is 13.3. The SMILES string of the molecule is N#Cc1nn(C2CCC2)c2c1CS(=O)(=O)CC2. The first-order valence-corrected chi connectivity index (χ1v) is 7.63. The van der Waals surface area contributed by atoms with E-state index in [0.717, 1.165) is 18.5 Å². The molecule has 1 aromatic rings.